The number of aromatic nitrogens is 5. The zero-order valence-corrected chi connectivity index (χ0v) is 19.7. The summed E-state index contributed by atoms with van der Waals surface area (Å²) in [4.78, 5) is 20.8. The van der Waals surface area contributed by atoms with Crippen LogP contribution >= 0.6 is 0 Å². The number of fused-ring (bicyclic) bond motifs is 1. The highest BCUT2D eigenvalue weighted by molar-refractivity contribution is 5.69. The number of halogens is 3. The second-order valence-electron chi connectivity index (χ2n) is 8.65. The number of carbonyl (C=O) groups is 1. The zero-order chi connectivity index (χ0) is 25.4. The number of nitrogens with zero attached hydrogens (tertiary/aromatic N) is 7. The van der Waals surface area contributed by atoms with Gasteiger partial charge in [-0.1, -0.05) is 12.1 Å². The lowest BCUT2D eigenvalue weighted by atomic mass is 10.1. The number of rotatable bonds is 4. The molecule has 12 heteroatoms. The van der Waals surface area contributed by atoms with Gasteiger partial charge in [0.05, 0.1) is 24.2 Å². The molecule has 0 N–H and O–H groups in total. The first-order valence-corrected chi connectivity index (χ1v) is 11.4. The van der Waals surface area contributed by atoms with E-state index in [0.29, 0.717) is 37.4 Å². The van der Waals surface area contributed by atoms with Crippen LogP contribution in [0.15, 0.2) is 55.1 Å². The molecule has 1 aliphatic heterocycles. The van der Waals surface area contributed by atoms with Gasteiger partial charge in [0, 0.05) is 50.6 Å². The van der Waals surface area contributed by atoms with Crippen molar-refractivity contribution in [2.24, 2.45) is 7.05 Å². The van der Waals surface area contributed by atoms with Crippen molar-refractivity contribution < 1.29 is 22.7 Å². The van der Waals surface area contributed by atoms with E-state index in [2.05, 4.69) is 20.1 Å². The Labute approximate surface area is 204 Å². The molecule has 3 aromatic heterocycles. The van der Waals surface area contributed by atoms with Gasteiger partial charge >= 0.3 is 12.3 Å². The number of hydrogen-bond donors (Lipinski definition) is 0. The minimum atomic E-state index is -4.41. The lowest BCUT2D eigenvalue weighted by Crippen LogP contribution is -2.49. The molecule has 36 heavy (non-hydrogen) atoms. The number of aryl methyl sites for hydroxylation is 1. The smallest absolute Gasteiger partial charge is 0.416 e. The van der Waals surface area contributed by atoms with Crippen LogP contribution in [0.5, 0.6) is 0 Å². The molecular formula is C24H24F3N7O2. The van der Waals surface area contributed by atoms with E-state index < -0.39 is 23.9 Å². The summed E-state index contributed by atoms with van der Waals surface area (Å²) in [5.41, 5.74) is 2.34. The maximum atomic E-state index is 12.8. The Hall–Kier alpha value is -4.09. The number of ether oxygens (including phenoxy) is 1. The first kappa shape index (κ1) is 23.6. The Morgan fingerprint density at radius 3 is 2.33 bits per heavy atom. The lowest BCUT2D eigenvalue weighted by Gasteiger charge is -2.35. The van der Waals surface area contributed by atoms with Crippen LogP contribution in [0.1, 0.15) is 24.2 Å². The highest BCUT2D eigenvalue weighted by Gasteiger charge is 2.30. The molecule has 1 amide bonds. The standard InChI is InChI=1S/C24H24F3N7O2/c1-16(17-3-5-20(6-4-17)24(25,26)27)36-23(35)33-9-7-32(8-10-33)22-14-28-21-11-18(12-30-34(21)22)19-13-29-31(2)15-19/h3-6,11-16H,7-10H2,1-2H3/t16-/m1/s1. The molecule has 1 aliphatic rings. The lowest BCUT2D eigenvalue weighted by molar-refractivity contribution is -0.137. The topological polar surface area (TPSA) is 80.8 Å². The predicted octanol–water partition coefficient (Wildman–Crippen LogP) is 4.17. The predicted molar refractivity (Wildman–Crippen MR) is 125 cm³/mol. The number of imidazole rings is 1. The van der Waals surface area contributed by atoms with Crippen molar-refractivity contribution in [2.45, 2.75) is 19.2 Å². The molecule has 4 aromatic rings. The maximum Gasteiger partial charge on any atom is 0.416 e. The Kier molecular flexibility index (Phi) is 6.02. The van der Waals surface area contributed by atoms with Gasteiger partial charge in [0.25, 0.3) is 0 Å². The fourth-order valence-electron chi connectivity index (χ4n) is 4.16. The van der Waals surface area contributed by atoms with Crippen molar-refractivity contribution in [2.75, 3.05) is 31.1 Å². The van der Waals surface area contributed by atoms with Gasteiger partial charge in [0.1, 0.15) is 6.10 Å². The third-order valence-electron chi connectivity index (χ3n) is 6.23. The minimum Gasteiger partial charge on any atom is -0.442 e. The molecule has 0 spiro atoms. The van der Waals surface area contributed by atoms with Crippen molar-refractivity contribution in [1.82, 2.24) is 29.3 Å². The SMILES string of the molecule is C[C@@H](OC(=O)N1CCN(c2cnc3cc(-c4cnn(C)c4)cnn23)CC1)c1ccc(C(F)(F)F)cc1. The first-order chi connectivity index (χ1) is 17.2. The summed E-state index contributed by atoms with van der Waals surface area (Å²) in [7, 11) is 1.86. The van der Waals surface area contributed by atoms with E-state index in [9.17, 15) is 18.0 Å². The number of piperazine rings is 1. The molecule has 1 atom stereocenters. The first-order valence-electron chi connectivity index (χ1n) is 11.4. The van der Waals surface area contributed by atoms with Gasteiger partial charge < -0.3 is 14.5 Å². The van der Waals surface area contributed by atoms with Crippen LogP contribution in [0, 0.1) is 0 Å². The van der Waals surface area contributed by atoms with Crippen LogP contribution in [0.2, 0.25) is 0 Å². The fraction of sp³-hybridized carbons (Fsp3) is 0.333. The average Bonchev–Trinajstić information content (AvgIpc) is 3.49. The van der Waals surface area contributed by atoms with Crippen LogP contribution in [0.25, 0.3) is 16.8 Å². The van der Waals surface area contributed by atoms with E-state index >= 15 is 0 Å². The summed E-state index contributed by atoms with van der Waals surface area (Å²) in [6.07, 6.45) is 1.63. The van der Waals surface area contributed by atoms with Crippen molar-refractivity contribution in [3.8, 4) is 11.1 Å². The molecule has 0 aliphatic carbocycles. The number of hydrogen-bond acceptors (Lipinski definition) is 6. The highest BCUT2D eigenvalue weighted by atomic mass is 19.4. The molecule has 0 bridgehead atoms. The molecule has 1 aromatic carbocycles. The second-order valence-corrected chi connectivity index (χ2v) is 8.65. The Balaban J connectivity index is 1.19. The molecule has 0 saturated carbocycles. The van der Waals surface area contributed by atoms with Gasteiger partial charge in [-0.15, -0.1) is 0 Å². The fourth-order valence-corrected chi connectivity index (χ4v) is 4.16. The van der Waals surface area contributed by atoms with Crippen molar-refractivity contribution in [3.63, 3.8) is 0 Å². The molecular weight excluding hydrogens is 475 g/mol. The largest absolute Gasteiger partial charge is 0.442 e. The summed E-state index contributed by atoms with van der Waals surface area (Å²) >= 11 is 0. The Bertz CT molecular complexity index is 1370. The van der Waals surface area contributed by atoms with Crippen molar-refractivity contribution in [1.29, 1.82) is 0 Å². The summed E-state index contributed by atoms with van der Waals surface area (Å²) < 4.78 is 47.3. The summed E-state index contributed by atoms with van der Waals surface area (Å²) in [6, 6.07) is 6.58. The van der Waals surface area contributed by atoms with E-state index in [0.717, 1.165) is 29.1 Å². The zero-order valence-electron chi connectivity index (χ0n) is 19.7. The van der Waals surface area contributed by atoms with Gasteiger partial charge in [-0.2, -0.15) is 27.9 Å². The quantitative estimate of drug-likeness (QED) is 0.419. The van der Waals surface area contributed by atoms with Crippen LogP contribution < -0.4 is 4.90 Å². The molecule has 4 heterocycles. The average molecular weight is 499 g/mol. The number of carbonyl (C=O) groups excluding carboxylic acids is 1. The van der Waals surface area contributed by atoms with E-state index in [1.54, 1.807) is 39.6 Å². The van der Waals surface area contributed by atoms with E-state index in [4.69, 9.17) is 4.74 Å². The van der Waals surface area contributed by atoms with E-state index in [-0.39, 0.29) is 0 Å². The second kappa shape index (κ2) is 9.17. The molecule has 0 radical (unpaired) electrons. The summed E-state index contributed by atoms with van der Waals surface area (Å²) in [6.45, 7) is 3.62. The summed E-state index contributed by atoms with van der Waals surface area (Å²) in [5.74, 6) is 0.828. The van der Waals surface area contributed by atoms with Crippen LogP contribution in [0.3, 0.4) is 0 Å². The van der Waals surface area contributed by atoms with Gasteiger partial charge in [-0.3, -0.25) is 4.68 Å². The third kappa shape index (κ3) is 4.70. The van der Waals surface area contributed by atoms with Crippen molar-refractivity contribution in [3.05, 3.63) is 66.2 Å². The number of anilines is 1. The Morgan fingerprint density at radius 1 is 1.00 bits per heavy atom. The number of alkyl halides is 3. The van der Waals surface area contributed by atoms with Crippen LogP contribution in [-0.2, 0) is 18.0 Å². The maximum absolute atomic E-state index is 12.8. The van der Waals surface area contributed by atoms with E-state index in [1.165, 1.54) is 12.1 Å². The van der Waals surface area contributed by atoms with Gasteiger partial charge in [0.2, 0.25) is 0 Å². The highest BCUT2D eigenvalue weighted by Crippen LogP contribution is 2.30. The van der Waals surface area contributed by atoms with Gasteiger partial charge in [0.15, 0.2) is 11.5 Å². The molecule has 1 fully saturated rings. The minimum absolute atomic E-state index is 0.430. The number of amides is 1. The monoisotopic (exact) mass is 499 g/mol. The van der Waals surface area contributed by atoms with Crippen LogP contribution in [0.4, 0.5) is 23.8 Å². The van der Waals surface area contributed by atoms with Gasteiger partial charge in [-0.05, 0) is 30.7 Å². The molecule has 5 rings (SSSR count). The summed E-state index contributed by atoms with van der Waals surface area (Å²) in [5, 5.41) is 8.74. The van der Waals surface area contributed by atoms with Crippen molar-refractivity contribution >= 4 is 17.6 Å². The molecule has 0 unspecified atom stereocenters. The molecule has 9 nitrogen and oxygen atoms in total. The van der Waals surface area contributed by atoms with Crippen LogP contribution in [-0.4, -0.2) is 61.6 Å². The normalized spacial score (nSPS) is 15.4. The molecule has 1 saturated heterocycles. The molecule has 188 valence electrons. The van der Waals surface area contributed by atoms with E-state index in [1.807, 2.05) is 19.3 Å². The van der Waals surface area contributed by atoms with Gasteiger partial charge in [-0.25, -0.2) is 9.78 Å². The third-order valence-corrected chi connectivity index (χ3v) is 6.23. The number of benzene rings is 1. The Morgan fingerprint density at radius 2 is 1.69 bits per heavy atom.